The maximum absolute atomic E-state index is 15.3. The molecule has 6 aromatic rings. The number of likely N-dealkylation sites (tertiary alicyclic amines) is 1. The molecule has 11 amide bonds. The van der Waals surface area contributed by atoms with Gasteiger partial charge in [-0.2, -0.15) is 0 Å². The summed E-state index contributed by atoms with van der Waals surface area (Å²) in [5.74, 6) is -7.36. The van der Waals surface area contributed by atoms with Crippen molar-refractivity contribution in [2.45, 2.75) is 267 Å². The topological polar surface area (TPSA) is 491 Å². The maximum Gasteiger partial charge on any atom is 0.343 e. The Morgan fingerprint density at radius 2 is 0.970 bits per heavy atom. The molecule has 2 fully saturated rings. The number of cyclic esters (lactones) is 2. The van der Waals surface area contributed by atoms with Gasteiger partial charge in [0, 0.05) is 122 Å². The summed E-state index contributed by atoms with van der Waals surface area (Å²) >= 11 is 0. The summed E-state index contributed by atoms with van der Waals surface area (Å²) in [5.41, 5.74) is 9.05. The zero-order valence-electron chi connectivity index (χ0n) is 76.8. The first kappa shape index (κ1) is 103. The SMILES string of the molecule is C.CC[C@@]1(O)C(=O)OCc2c1cc1n(c2=O)Cc2cc3c(CCCCOCNC(=O)[C@H](C)NC(=O)[C@@H](N)C(C)C)c(C)c(F)cc3nc2-1.CC[C@@]1(O)C(=O)OCc2c1cc1n(c2=O)Cc2cc3c(CCCCOCNC(=O)[C@H](C)NC(=O)[C@@H](NC(=O)CCCCCN4C(=O)C=CC4=O)C(C)C)c(C)c(F)cc3nc2-1.O=C(CCCCCN1C(=O)CCC1=O)ON1C(=O)CCC1=O.[2H]CF. The molecule has 0 spiro atoms. The standard InChI is InChI=1S/C44H53FN6O10.C34H42FN5O7.C14H18N2O6.CH3F.CH4/c1-6-44(59)31-19-34-39-27(21-51(34)42(57)30(31)22-61-43(44)58)18-29-28(25(4)32(45)20-33(29)48-39)12-9-11-17-60-23-46-40(55)26(5)47-41(56)38(24(2)3)49-35(52)13-8-7-10-16-50-36(53)14-15-37(50)54;1-6-34(45)24-12-27-29-20(14-40(27)32(43)23(24)15-47-33(34)44)11-22-21(18(4)25(35)13-26(22)39-29)9-7-8-10-46-16-37-30(41)19(5)38-31(42)28(36)17(2)3;17-10-5-6-11(18)15(10)9-3-1-2-4-14(21)22-16-12(19)7-8-13(16)20;1-2;/h14-15,18-20,24,26,38,59H,6-13,16-17,21-23H2,1-5H3,(H,46,55)(H,47,56)(H,49,52);11-13,17,19,28,45H,6-10,14-16,36H2,1-5H3,(H,37,41)(H,38,42);1-9H2;1H3;1H4/t26-,38-,44-;19-,28-,34-;;;/m00.../s1/i;;;1D;. The summed E-state index contributed by atoms with van der Waals surface area (Å²) < 4.78 is 70.5. The van der Waals surface area contributed by atoms with E-state index in [0.29, 0.717) is 147 Å². The normalized spacial score (nSPS) is 17.6. The number of carbonyl (C=O) groups excluding carboxylic acids is 14. The van der Waals surface area contributed by atoms with Gasteiger partial charge in [0.05, 0.1) is 72.6 Å². The molecule has 0 bridgehead atoms. The molecule has 0 radical (unpaired) electrons. The molecule has 6 atom stereocenters. The molecule has 13 rings (SSSR count). The number of nitrogens with two attached hydrogens (primary N) is 1. The number of esters is 2. The molecule has 133 heavy (non-hydrogen) atoms. The van der Waals surface area contributed by atoms with E-state index in [1.165, 1.54) is 36.1 Å². The van der Waals surface area contributed by atoms with Crippen LogP contribution in [0.15, 0.2) is 58.1 Å². The minimum atomic E-state index is -1.95. The maximum atomic E-state index is 15.3. The van der Waals surface area contributed by atoms with Crippen molar-refractivity contribution in [1.82, 2.24) is 60.5 Å². The molecular formula is C94H120F3N13O23. The highest BCUT2D eigenvalue weighted by Gasteiger charge is 2.48. The van der Waals surface area contributed by atoms with E-state index in [-0.39, 0.29) is 186 Å². The van der Waals surface area contributed by atoms with Gasteiger partial charge in [-0.15, -0.1) is 5.06 Å². The van der Waals surface area contributed by atoms with Gasteiger partial charge in [0.1, 0.15) is 56.4 Å². The zero-order chi connectivity index (χ0) is 97.2. The Bertz CT molecular complexity index is 5640. The quantitative estimate of drug-likeness (QED) is 0.00833. The van der Waals surface area contributed by atoms with Crippen LogP contribution in [0, 0.1) is 37.3 Å². The monoisotopic (exact) mass is 1860 g/mol. The highest BCUT2D eigenvalue weighted by Crippen LogP contribution is 2.43. The Labute approximate surface area is 768 Å². The van der Waals surface area contributed by atoms with E-state index in [2.05, 4.69) is 26.6 Å². The van der Waals surface area contributed by atoms with Crippen molar-refractivity contribution < 1.29 is 116 Å². The number of ether oxygens (including phenoxy) is 4. The lowest BCUT2D eigenvalue weighted by Crippen LogP contribution is -2.54. The van der Waals surface area contributed by atoms with Gasteiger partial charge in [-0.3, -0.25) is 76.5 Å². The number of nitrogens with one attached hydrogen (secondary N) is 5. The summed E-state index contributed by atoms with van der Waals surface area (Å²) in [6.07, 6.45) is 10.6. The number of unbranched alkanes of at least 4 members (excludes halogenated alkanes) is 6. The summed E-state index contributed by atoms with van der Waals surface area (Å²) in [7, 11) is -1.00. The van der Waals surface area contributed by atoms with Gasteiger partial charge in [-0.05, 0) is 163 Å². The van der Waals surface area contributed by atoms with E-state index < -0.39 is 102 Å². The van der Waals surface area contributed by atoms with Gasteiger partial charge in [-0.1, -0.05) is 61.8 Å². The number of aryl methyl sites for hydroxylation is 2. The Morgan fingerprint density at radius 1 is 0.549 bits per heavy atom. The molecule has 36 nitrogen and oxygen atoms in total. The number of hydrogen-bond acceptors (Lipinski definition) is 26. The summed E-state index contributed by atoms with van der Waals surface area (Å²) in [6.45, 7) is 18.3. The number of hydrogen-bond donors (Lipinski definition) is 8. The number of fused-ring (bicyclic) bond motifs is 10. The van der Waals surface area contributed by atoms with Gasteiger partial charge in [0.15, 0.2) is 11.2 Å². The van der Waals surface area contributed by atoms with Gasteiger partial charge in [0.25, 0.3) is 34.7 Å². The van der Waals surface area contributed by atoms with E-state index in [9.17, 15) is 91.3 Å². The molecule has 9 N–H and O–H groups in total. The van der Waals surface area contributed by atoms with Crippen molar-refractivity contribution >= 4 is 105 Å². The van der Waals surface area contributed by atoms with E-state index >= 15 is 8.78 Å². The number of alkyl halides is 1. The van der Waals surface area contributed by atoms with Crippen molar-refractivity contribution in [3.63, 3.8) is 0 Å². The highest BCUT2D eigenvalue weighted by atomic mass is 19.1. The van der Waals surface area contributed by atoms with Crippen LogP contribution in [0.2, 0.25) is 0 Å². The predicted molar refractivity (Wildman–Crippen MR) is 477 cm³/mol. The van der Waals surface area contributed by atoms with Gasteiger partial charge in [0.2, 0.25) is 41.4 Å². The van der Waals surface area contributed by atoms with Crippen LogP contribution in [0.1, 0.15) is 235 Å². The molecule has 7 aliphatic heterocycles. The number of aromatic nitrogens is 4. The number of amides is 11. The molecular weight excluding hydrogens is 1740 g/mol. The number of nitrogens with zero attached hydrogens (tertiary/aromatic N) is 7. The first-order chi connectivity index (χ1) is 63.2. The molecule has 39 heteroatoms. The lowest BCUT2D eigenvalue weighted by molar-refractivity contribution is -0.197. The third-order valence-electron chi connectivity index (χ3n) is 24.5. The number of pyridine rings is 4. The summed E-state index contributed by atoms with van der Waals surface area (Å²) in [4.78, 5) is 212. The zero-order valence-corrected chi connectivity index (χ0v) is 75.8. The van der Waals surface area contributed by atoms with Crippen LogP contribution in [0.5, 0.6) is 0 Å². The number of hydroxylamine groups is 2. The van der Waals surface area contributed by atoms with Crippen LogP contribution in [-0.2, 0) is 141 Å². The average molecular weight is 1860 g/mol. The Morgan fingerprint density at radius 3 is 1.40 bits per heavy atom. The van der Waals surface area contributed by atoms with Crippen LogP contribution >= 0.6 is 0 Å². The second-order valence-electron chi connectivity index (χ2n) is 34.1. The van der Waals surface area contributed by atoms with Crippen LogP contribution in [-0.4, -0.2) is 198 Å². The average Bonchev–Trinajstić information content (AvgIpc) is 1.49. The summed E-state index contributed by atoms with van der Waals surface area (Å²) in [5, 5.41) is 37.6. The molecule has 0 aliphatic carbocycles. The lowest BCUT2D eigenvalue weighted by Gasteiger charge is -2.31. The van der Waals surface area contributed by atoms with Crippen molar-refractivity contribution in [2.24, 2.45) is 17.6 Å². The Kier molecular flexibility index (Phi) is 35.8. The minimum Gasteiger partial charge on any atom is -0.458 e. The minimum absolute atomic E-state index is 0. The fourth-order valence-electron chi connectivity index (χ4n) is 16.5. The molecule has 720 valence electrons. The van der Waals surface area contributed by atoms with Crippen molar-refractivity contribution in [3.05, 3.63) is 137 Å². The number of carbonyl (C=O) groups is 14. The third kappa shape index (κ3) is 24.0. The van der Waals surface area contributed by atoms with E-state index in [0.717, 1.165) is 37.9 Å². The van der Waals surface area contributed by atoms with Gasteiger partial charge in [-0.25, -0.2) is 33.1 Å². The molecule has 0 unspecified atom stereocenters. The number of benzene rings is 2. The second kappa shape index (κ2) is 46.4. The Hall–Kier alpha value is -12.3. The second-order valence-corrected chi connectivity index (χ2v) is 34.1. The van der Waals surface area contributed by atoms with Gasteiger partial charge >= 0.3 is 17.9 Å². The molecule has 2 aromatic carbocycles. The van der Waals surface area contributed by atoms with Crippen molar-refractivity contribution in [1.29, 1.82) is 0 Å². The summed E-state index contributed by atoms with van der Waals surface area (Å²) in [6, 6.07) is 6.66. The lowest BCUT2D eigenvalue weighted by atomic mass is 9.86. The van der Waals surface area contributed by atoms with E-state index in [4.69, 9.17) is 40.9 Å². The number of rotatable bonds is 38. The molecule has 11 heterocycles. The molecule has 4 aromatic heterocycles. The molecule has 7 aliphatic rings. The third-order valence-corrected chi connectivity index (χ3v) is 24.5. The van der Waals surface area contributed by atoms with Crippen LogP contribution in [0.25, 0.3) is 44.6 Å². The predicted octanol–water partition coefficient (Wildman–Crippen LogP) is 7.02. The number of halogens is 3. The van der Waals surface area contributed by atoms with Crippen molar-refractivity contribution in [3.8, 4) is 22.8 Å². The van der Waals surface area contributed by atoms with E-state index in [1.54, 1.807) is 69.7 Å². The largest absolute Gasteiger partial charge is 0.458 e. The van der Waals surface area contributed by atoms with Crippen molar-refractivity contribution in [2.75, 3.05) is 46.9 Å². The smallest absolute Gasteiger partial charge is 0.343 e. The fraction of sp³-hybridized carbons (Fsp3) is 0.532. The number of aliphatic hydroxyl groups is 2. The highest BCUT2D eigenvalue weighted by molar-refractivity contribution is 6.13. The van der Waals surface area contributed by atoms with Crippen LogP contribution in [0.3, 0.4) is 0 Å². The van der Waals surface area contributed by atoms with Crippen LogP contribution < -0.4 is 43.4 Å². The fourth-order valence-corrected chi connectivity index (χ4v) is 16.5. The first-order valence-electron chi connectivity index (χ1n) is 45.2. The molecule has 0 saturated carbocycles. The van der Waals surface area contributed by atoms with Gasteiger partial charge < -0.3 is 75.4 Å². The van der Waals surface area contributed by atoms with E-state index in [1.807, 2.05) is 26.0 Å². The number of imide groups is 3. The first-order valence-corrected chi connectivity index (χ1v) is 44.5. The molecule has 2 saturated heterocycles. The Balaban J connectivity index is 0.000000243. The van der Waals surface area contributed by atoms with Crippen LogP contribution in [0.4, 0.5) is 13.2 Å².